The molecule has 0 radical (unpaired) electrons. The lowest BCUT2D eigenvalue weighted by molar-refractivity contribution is 0.0923. The number of hydrogen-bond acceptors (Lipinski definition) is 3. The highest BCUT2D eigenvalue weighted by atomic mass is 16.3. The molecule has 0 fully saturated rings. The van der Waals surface area contributed by atoms with Gasteiger partial charge in [0.25, 0.3) is 5.91 Å². The minimum absolute atomic E-state index is 0.0419. The van der Waals surface area contributed by atoms with Crippen molar-refractivity contribution in [2.45, 2.75) is 46.6 Å². The van der Waals surface area contributed by atoms with Gasteiger partial charge in [0.05, 0.1) is 0 Å². The van der Waals surface area contributed by atoms with Gasteiger partial charge in [-0.15, -0.1) is 0 Å². The Balaban J connectivity index is 2.95. The van der Waals surface area contributed by atoms with E-state index in [4.69, 9.17) is 5.11 Å². The fourth-order valence-electron chi connectivity index (χ4n) is 2.30. The number of aromatic nitrogens is 1. The highest BCUT2D eigenvalue weighted by Gasteiger charge is 2.21. The van der Waals surface area contributed by atoms with Crippen LogP contribution in [-0.4, -0.2) is 34.4 Å². The summed E-state index contributed by atoms with van der Waals surface area (Å²) < 4.78 is 0. The van der Waals surface area contributed by atoms with E-state index < -0.39 is 0 Å². The van der Waals surface area contributed by atoms with Crippen LogP contribution in [0.2, 0.25) is 0 Å². The number of hydrogen-bond donors (Lipinski definition) is 3. The summed E-state index contributed by atoms with van der Waals surface area (Å²) in [6, 6.07) is -0.0544. The number of carbonyl (C=O) groups is 2. The minimum Gasteiger partial charge on any atom is -0.396 e. The maximum Gasteiger partial charge on any atom is 0.268 e. The molecule has 1 amide bonds. The number of nitrogens with one attached hydrogen (secondary N) is 2. The van der Waals surface area contributed by atoms with Crippen LogP contribution in [0.25, 0.3) is 0 Å². The summed E-state index contributed by atoms with van der Waals surface area (Å²) in [7, 11) is 0. The Hall–Kier alpha value is -1.62. The van der Waals surface area contributed by atoms with E-state index in [2.05, 4.69) is 10.3 Å². The smallest absolute Gasteiger partial charge is 0.268 e. The summed E-state index contributed by atoms with van der Waals surface area (Å²) in [6.45, 7) is 7.04. The average molecular weight is 266 g/mol. The number of Topliss-reactive ketones (excluding diaryl/α,β-unsaturated/α-hetero) is 1. The molecule has 0 aliphatic heterocycles. The van der Waals surface area contributed by atoms with E-state index in [1.807, 2.05) is 6.92 Å². The van der Waals surface area contributed by atoms with Crippen molar-refractivity contribution in [3.05, 3.63) is 22.5 Å². The summed E-state index contributed by atoms with van der Waals surface area (Å²) in [5.41, 5.74) is 2.41. The number of aliphatic hydroxyl groups is 1. The summed E-state index contributed by atoms with van der Waals surface area (Å²) in [6.07, 6.45) is 1.28. The first-order valence-corrected chi connectivity index (χ1v) is 6.54. The number of aromatic amines is 1. The highest BCUT2D eigenvalue weighted by molar-refractivity contribution is 6.02. The lowest BCUT2D eigenvalue weighted by Gasteiger charge is -2.15. The van der Waals surface area contributed by atoms with Gasteiger partial charge in [-0.1, -0.05) is 6.92 Å². The van der Waals surface area contributed by atoms with Crippen molar-refractivity contribution in [1.29, 1.82) is 0 Å². The molecule has 19 heavy (non-hydrogen) atoms. The van der Waals surface area contributed by atoms with Crippen molar-refractivity contribution >= 4 is 11.7 Å². The zero-order chi connectivity index (χ0) is 14.6. The summed E-state index contributed by atoms with van der Waals surface area (Å²) >= 11 is 0. The molecular formula is C14H22N2O3. The maximum atomic E-state index is 12.2. The number of carbonyl (C=O) groups excluding carboxylic acids is 2. The second-order valence-corrected chi connectivity index (χ2v) is 4.77. The number of ketones is 1. The third kappa shape index (κ3) is 3.44. The van der Waals surface area contributed by atoms with Crippen LogP contribution in [0, 0.1) is 13.8 Å². The summed E-state index contributed by atoms with van der Waals surface area (Å²) in [5, 5.41) is 11.8. The first-order chi connectivity index (χ1) is 8.92. The van der Waals surface area contributed by atoms with E-state index in [0.717, 1.165) is 6.42 Å². The first-order valence-electron chi connectivity index (χ1n) is 6.54. The van der Waals surface area contributed by atoms with Crippen LogP contribution in [0.1, 0.15) is 58.8 Å². The molecule has 0 spiro atoms. The van der Waals surface area contributed by atoms with Crippen molar-refractivity contribution < 1.29 is 14.7 Å². The van der Waals surface area contributed by atoms with Crippen molar-refractivity contribution in [3.63, 3.8) is 0 Å². The van der Waals surface area contributed by atoms with Crippen molar-refractivity contribution in [3.8, 4) is 0 Å². The van der Waals surface area contributed by atoms with Crippen LogP contribution in [0.15, 0.2) is 0 Å². The monoisotopic (exact) mass is 266 g/mol. The fraction of sp³-hybridized carbons (Fsp3) is 0.571. The van der Waals surface area contributed by atoms with Gasteiger partial charge >= 0.3 is 0 Å². The van der Waals surface area contributed by atoms with E-state index in [1.54, 1.807) is 13.8 Å². The van der Waals surface area contributed by atoms with Gasteiger partial charge in [0.1, 0.15) is 5.69 Å². The Morgan fingerprint density at radius 3 is 2.42 bits per heavy atom. The third-order valence-corrected chi connectivity index (χ3v) is 3.32. The quantitative estimate of drug-likeness (QED) is 0.686. The molecule has 0 saturated heterocycles. The molecule has 0 bridgehead atoms. The Labute approximate surface area is 113 Å². The lowest BCUT2D eigenvalue weighted by Crippen LogP contribution is -2.35. The Morgan fingerprint density at radius 2 is 2.00 bits per heavy atom. The number of amides is 1. The molecule has 0 aliphatic carbocycles. The Morgan fingerprint density at radius 1 is 1.37 bits per heavy atom. The zero-order valence-electron chi connectivity index (χ0n) is 12.0. The van der Waals surface area contributed by atoms with Gasteiger partial charge in [0, 0.05) is 23.9 Å². The number of H-pyrrole nitrogens is 1. The average Bonchev–Trinajstić information content (AvgIpc) is 2.64. The lowest BCUT2D eigenvalue weighted by atomic mass is 10.1. The van der Waals surface area contributed by atoms with Gasteiger partial charge in [-0.3, -0.25) is 9.59 Å². The van der Waals surface area contributed by atoms with Crippen LogP contribution in [-0.2, 0) is 0 Å². The molecule has 0 aliphatic rings. The highest BCUT2D eigenvalue weighted by Crippen LogP contribution is 2.18. The molecule has 1 unspecified atom stereocenters. The van der Waals surface area contributed by atoms with E-state index in [1.165, 1.54) is 6.92 Å². The molecule has 106 valence electrons. The fourth-order valence-corrected chi connectivity index (χ4v) is 2.30. The molecule has 3 N–H and O–H groups in total. The molecule has 1 aromatic rings. The maximum absolute atomic E-state index is 12.2. The van der Waals surface area contributed by atoms with Crippen LogP contribution >= 0.6 is 0 Å². The topological polar surface area (TPSA) is 82.2 Å². The van der Waals surface area contributed by atoms with Crippen molar-refractivity contribution in [2.24, 2.45) is 0 Å². The minimum atomic E-state index is -0.228. The van der Waals surface area contributed by atoms with Crippen LogP contribution in [0.5, 0.6) is 0 Å². The van der Waals surface area contributed by atoms with Crippen LogP contribution in [0.3, 0.4) is 0 Å². The molecule has 5 nitrogen and oxygen atoms in total. The third-order valence-electron chi connectivity index (χ3n) is 3.32. The zero-order valence-corrected chi connectivity index (χ0v) is 12.0. The van der Waals surface area contributed by atoms with E-state index in [0.29, 0.717) is 28.9 Å². The molecule has 1 rings (SSSR count). The largest absolute Gasteiger partial charge is 0.396 e. The van der Waals surface area contributed by atoms with Crippen LogP contribution in [0.4, 0.5) is 0 Å². The molecule has 1 atom stereocenters. The summed E-state index contributed by atoms with van der Waals surface area (Å²) in [5.74, 6) is -0.277. The van der Waals surface area contributed by atoms with Gasteiger partial charge in [-0.25, -0.2) is 0 Å². The standard InChI is InChI=1S/C14H22N2O3/c1-5-11(6-7-17)16-14(19)13-8(2)12(10(4)18)9(3)15-13/h11,15,17H,5-7H2,1-4H3,(H,16,19). The van der Waals surface area contributed by atoms with Gasteiger partial charge in [-0.2, -0.15) is 0 Å². The number of aliphatic hydroxyl groups excluding tert-OH is 1. The van der Waals surface area contributed by atoms with Crippen molar-refractivity contribution in [1.82, 2.24) is 10.3 Å². The van der Waals surface area contributed by atoms with Gasteiger partial charge in [0.2, 0.25) is 0 Å². The van der Waals surface area contributed by atoms with E-state index in [9.17, 15) is 9.59 Å². The second-order valence-electron chi connectivity index (χ2n) is 4.77. The Kier molecular flexibility index (Phi) is 5.30. The van der Waals surface area contributed by atoms with E-state index in [-0.39, 0.29) is 24.3 Å². The van der Waals surface area contributed by atoms with Gasteiger partial charge in [-0.05, 0) is 39.2 Å². The van der Waals surface area contributed by atoms with E-state index >= 15 is 0 Å². The van der Waals surface area contributed by atoms with Crippen molar-refractivity contribution in [2.75, 3.05) is 6.61 Å². The predicted molar refractivity (Wildman–Crippen MR) is 73.5 cm³/mol. The molecule has 5 heteroatoms. The Bertz CT molecular complexity index is 477. The number of aryl methyl sites for hydroxylation is 1. The van der Waals surface area contributed by atoms with Crippen LogP contribution < -0.4 is 5.32 Å². The van der Waals surface area contributed by atoms with Gasteiger partial charge in [0.15, 0.2) is 5.78 Å². The molecule has 0 aromatic carbocycles. The SMILES string of the molecule is CCC(CCO)NC(=O)c1[nH]c(C)c(C(C)=O)c1C. The molecular weight excluding hydrogens is 244 g/mol. The molecule has 1 aromatic heterocycles. The van der Waals surface area contributed by atoms with Gasteiger partial charge < -0.3 is 15.4 Å². The predicted octanol–water partition coefficient (Wildman–Crippen LogP) is 1.72. The first kappa shape index (κ1) is 15.4. The number of rotatable bonds is 6. The molecule has 0 saturated carbocycles. The second kappa shape index (κ2) is 6.52. The summed E-state index contributed by atoms with van der Waals surface area (Å²) in [4.78, 5) is 26.7. The molecule has 1 heterocycles. The normalized spacial score (nSPS) is 12.3.